The van der Waals surface area contributed by atoms with Crippen molar-refractivity contribution in [2.45, 2.75) is 0 Å². The molecule has 0 unspecified atom stereocenters. The maximum Gasteiger partial charge on any atom is 0.338 e. The number of hydrogen-bond acceptors (Lipinski definition) is 4. The molecule has 1 aliphatic heterocycles. The first-order valence-electron chi connectivity index (χ1n) is 6.61. The smallest absolute Gasteiger partial charge is 0.338 e. The summed E-state index contributed by atoms with van der Waals surface area (Å²) in [4.78, 5) is 11.9. The number of fused-ring (bicyclic) bond motifs is 1. The van der Waals surface area contributed by atoms with Crippen LogP contribution >= 0.6 is 0 Å². The molecule has 3 rings (SSSR count). The molecule has 4 heteroatoms. The van der Waals surface area contributed by atoms with Crippen LogP contribution in [0.1, 0.15) is 15.9 Å². The molecule has 21 heavy (non-hydrogen) atoms. The molecule has 0 saturated carbocycles. The molecular formula is C17H14O4. The zero-order valence-corrected chi connectivity index (χ0v) is 11.3. The lowest BCUT2D eigenvalue weighted by Gasteiger charge is -2.03. The molecule has 0 bridgehead atoms. The van der Waals surface area contributed by atoms with E-state index in [9.17, 15) is 4.79 Å². The van der Waals surface area contributed by atoms with Crippen molar-refractivity contribution < 1.29 is 19.0 Å². The maximum atomic E-state index is 11.9. The van der Waals surface area contributed by atoms with Crippen molar-refractivity contribution in [2.24, 2.45) is 0 Å². The van der Waals surface area contributed by atoms with Crippen LogP contribution in [-0.4, -0.2) is 19.4 Å². The predicted octanol–water partition coefficient (Wildman–Crippen LogP) is 3.29. The van der Waals surface area contributed by atoms with Gasteiger partial charge in [-0.1, -0.05) is 36.4 Å². The number of hydrogen-bond donors (Lipinski definition) is 0. The molecular weight excluding hydrogens is 268 g/mol. The molecule has 0 aromatic heterocycles. The minimum Gasteiger partial charge on any atom is -0.458 e. The minimum atomic E-state index is -0.383. The highest BCUT2D eigenvalue weighted by molar-refractivity contribution is 5.90. The van der Waals surface area contributed by atoms with E-state index in [2.05, 4.69) is 0 Å². The molecule has 0 atom stereocenters. The van der Waals surface area contributed by atoms with Crippen LogP contribution in [0.25, 0.3) is 6.08 Å². The molecule has 0 saturated heterocycles. The van der Waals surface area contributed by atoms with Crippen molar-refractivity contribution in [1.29, 1.82) is 0 Å². The van der Waals surface area contributed by atoms with Crippen LogP contribution in [0, 0.1) is 0 Å². The number of rotatable bonds is 4. The Morgan fingerprint density at radius 3 is 2.76 bits per heavy atom. The van der Waals surface area contributed by atoms with Crippen LogP contribution in [0.5, 0.6) is 11.5 Å². The van der Waals surface area contributed by atoms with E-state index in [1.807, 2.05) is 36.4 Å². The lowest BCUT2D eigenvalue weighted by Crippen LogP contribution is -2.04. The van der Waals surface area contributed by atoms with Crippen molar-refractivity contribution in [3.63, 3.8) is 0 Å². The van der Waals surface area contributed by atoms with Crippen LogP contribution in [0.15, 0.2) is 54.6 Å². The van der Waals surface area contributed by atoms with Crippen LogP contribution in [0.2, 0.25) is 0 Å². The van der Waals surface area contributed by atoms with E-state index >= 15 is 0 Å². The molecule has 2 aromatic carbocycles. The van der Waals surface area contributed by atoms with Gasteiger partial charge in [-0.05, 0) is 29.8 Å². The summed E-state index contributed by atoms with van der Waals surface area (Å²) in [5.41, 5.74) is 1.52. The molecule has 0 radical (unpaired) electrons. The van der Waals surface area contributed by atoms with Gasteiger partial charge in [0.2, 0.25) is 6.79 Å². The fraction of sp³-hybridized carbons (Fsp3) is 0.118. The van der Waals surface area contributed by atoms with Crippen LogP contribution in [-0.2, 0) is 4.74 Å². The molecule has 0 fully saturated rings. The zero-order chi connectivity index (χ0) is 14.5. The highest BCUT2D eigenvalue weighted by Crippen LogP contribution is 2.32. The lowest BCUT2D eigenvalue weighted by atomic mass is 10.2. The highest BCUT2D eigenvalue weighted by Gasteiger charge is 2.16. The van der Waals surface area contributed by atoms with E-state index in [0.717, 1.165) is 5.56 Å². The topological polar surface area (TPSA) is 44.8 Å². The van der Waals surface area contributed by atoms with Crippen LogP contribution < -0.4 is 9.47 Å². The van der Waals surface area contributed by atoms with E-state index in [0.29, 0.717) is 17.1 Å². The molecule has 2 aromatic rings. The SMILES string of the molecule is O=C(OC/C=C/c1ccccc1)c1ccc2c(c1)OCO2. The summed E-state index contributed by atoms with van der Waals surface area (Å²) in [6.45, 7) is 0.413. The Labute approximate surface area is 122 Å². The third-order valence-electron chi connectivity index (χ3n) is 3.03. The van der Waals surface area contributed by atoms with Gasteiger partial charge in [-0.15, -0.1) is 0 Å². The Bertz CT molecular complexity index is 662. The van der Waals surface area contributed by atoms with Crippen LogP contribution in [0.4, 0.5) is 0 Å². The van der Waals surface area contributed by atoms with Crippen molar-refractivity contribution in [1.82, 2.24) is 0 Å². The van der Waals surface area contributed by atoms with E-state index < -0.39 is 0 Å². The van der Waals surface area contributed by atoms with Gasteiger partial charge < -0.3 is 14.2 Å². The van der Waals surface area contributed by atoms with E-state index in [1.165, 1.54) is 0 Å². The van der Waals surface area contributed by atoms with Crippen molar-refractivity contribution in [3.05, 3.63) is 65.7 Å². The van der Waals surface area contributed by atoms with Gasteiger partial charge in [0.25, 0.3) is 0 Å². The summed E-state index contributed by atoms with van der Waals surface area (Å²) in [6, 6.07) is 14.8. The second-order valence-corrected chi connectivity index (χ2v) is 4.48. The molecule has 0 spiro atoms. The fourth-order valence-corrected chi connectivity index (χ4v) is 1.98. The standard InChI is InChI=1S/C17H14O4/c18-17(14-8-9-15-16(11-14)21-12-20-15)19-10-4-7-13-5-2-1-3-6-13/h1-9,11H,10,12H2/b7-4+. The summed E-state index contributed by atoms with van der Waals surface area (Å²) >= 11 is 0. The summed E-state index contributed by atoms with van der Waals surface area (Å²) in [5.74, 6) is 0.839. The lowest BCUT2D eigenvalue weighted by molar-refractivity contribution is 0.0549. The zero-order valence-electron chi connectivity index (χ0n) is 11.3. The number of esters is 1. The summed E-state index contributed by atoms with van der Waals surface area (Å²) in [7, 11) is 0. The Morgan fingerprint density at radius 1 is 1.10 bits per heavy atom. The Kier molecular flexibility index (Phi) is 3.87. The molecule has 4 nitrogen and oxygen atoms in total. The first kappa shape index (κ1) is 13.2. The van der Waals surface area contributed by atoms with Crippen molar-refractivity contribution in [2.75, 3.05) is 13.4 Å². The Balaban J connectivity index is 1.56. The number of carbonyl (C=O) groups is 1. The maximum absolute atomic E-state index is 11.9. The normalized spacial score (nSPS) is 12.6. The molecule has 1 heterocycles. The van der Waals surface area contributed by atoms with Gasteiger partial charge in [0.05, 0.1) is 5.56 Å². The molecule has 1 aliphatic rings. The first-order chi connectivity index (χ1) is 10.3. The Morgan fingerprint density at radius 2 is 1.90 bits per heavy atom. The second kappa shape index (κ2) is 6.13. The summed E-state index contributed by atoms with van der Waals surface area (Å²) in [5, 5.41) is 0. The van der Waals surface area contributed by atoms with Crippen LogP contribution in [0.3, 0.4) is 0 Å². The fourth-order valence-electron chi connectivity index (χ4n) is 1.98. The van der Waals surface area contributed by atoms with Gasteiger partial charge in [-0.2, -0.15) is 0 Å². The highest BCUT2D eigenvalue weighted by atomic mass is 16.7. The van der Waals surface area contributed by atoms with Gasteiger partial charge in [-0.3, -0.25) is 0 Å². The number of carbonyl (C=O) groups excluding carboxylic acids is 1. The summed E-state index contributed by atoms with van der Waals surface area (Å²) < 4.78 is 15.6. The first-order valence-corrected chi connectivity index (χ1v) is 6.61. The predicted molar refractivity (Wildman–Crippen MR) is 78.3 cm³/mol. The van der Waals surface area contributed by atoms with Gasteiger partial charge in [0.1, 0.15) is 6.61 Å². The molecule has 0 amide bonds. The average molecular weight is 282 g/mol. The average Bonchev–Trinajstić information content (AvgIpc) is 3.00. The minimum absolute atomic E-state index is 0.188. The quantitative estimate of drug-likeness (QED) is 0.807. The van der Waals surface area contributed by atoms with Crippen molar-refractivity contribution in [3.8, 4) is 11.5 Å². The third kappa shape index (κ3) is 3.23. The Hall–Kier alpha value is -2.75. The number of benzene rings is 2. The van der Waals surface area contributed by atoms with E-state index in [1.54, 1.807) is 24.3 Å². The molecule has 106 valence electrons. The van der Waals surface area contributed by atoms with E-state index in [-0.39, 0.29) is 19.4 Å². The molecule has 0 aliphatic carbocycles. The third-order valence-corrected chi connectivity index (χ3v) is 3.03. The van der Waals surface area contributed by atoms with Gasteiger partial charge in [-0.25, -0.2) is 4.79 Å². The summed E-state index contributed by atoms with van der Waals surface area (Å²) in [6.07, 6.45) is 3.72. The second-order valence-electron chi connectivity index (χ2n) is 4.48. The van der Waals surface area contributed by atoms with Crippen molar-refractivity contribution >= 4 is 12.0 Å². The van der Waals surface area contributed by atoms with Gasteiger partial charge >= 0.3 is 5.97 Å². The van der Waals surface area contributed by atoms with E-state index in [4.69, 9.17) is 14.2 Å². The van der Waals surface area contributed by atoms with Gasteiger partial charge in [0, 0.05) is 0 Å². The number of ether oxygens (including phenoxy) is 3. The molecule has 0 N–H and O–H groups in total. The largest absolute Gasteiger partial charge is 0.458 e. The monoisotopic (exact) mass is 282 g/mol. The van der Waals surface area contributed by atoms with Gasteiger partial charge in [0.15, 0.2) is 11.5 Å².